The summed E-state index contributed by atoms with van der Waals surface area (Å²) >= 11 is 0. The van der Waals surface area contributed by atoms with Crippen molar-refractivity contribution in [1.29, 1.82) is 0 Å². The Bertz CT molecular complexity index is 686. The smallest absolute Gasteiger partial charge is 0.241 e. The largest absolute Gasteiger partial charge is 0.323 e. The Balaban J connectivity index is 1.46. The second-order valence-electron chi connectivity index (χ2n) is 6.51. The number of carbonyl (C=O) groups is 1. The van der Waals surface area contributed by atoms with Gasteiger partial charge in [0.1, 0.15) is 0 Å². The van der Waals surface area contributed by atoms with Crippen molar-refractivity contribution in [1.82, 2.24) is 10.3 Å². The van der Waals surface area contributed by atoms with E-state index >= 15 is 0 Å². The Labute approximate surface area is 130 Å². The van der Waals surface area contributed by atoms with E-state index in [1.54, 1.807) is 6.20 Å². The molecule has 1 aliphatic heterocycles. The van der Waals surface area contributed by atoms with Crippen LogP contribution in [0.2, 0.25) is 0 Å². The highest BCUT2D eigenvalue weighted by Gasteiger charge is 2.38. The van der Waals surface area contributed by atoms with Gasteiger partial charge in [0.15, 0.2) is 0 Å². The fraction of sp³-hybridized carbons (Fsp3) is 0.444. The highest BCUT2D eigenvalue weighted by molar-refractivity contribution is 5.96. The van der Waals surface area contributed by atoms with Crippen molar-refractivity contribution in [2.45, 2.75) is 44.2 Å². The number of fused-ring (bicyclic) bond motifs is 2. The fourth-order valence-corrected chi connectivity index (χ4v) is 3.89. The van der Waals surface area contributed by atoms with Crippen LogP contribution in [-0.2, 0) is 4.79 Å². The summed E-state index contributed by atoms with van der Waals surface area (Å²) in [6.45, 7) is 0. The molecule has 22 heavy (non-hydrogen) atoms. The molecule has 4 heteroatoms. The van der Waals surface area contributed by atoms with Gasteiger partial charge in [-0.1, -0.05) is 31.0 Å². The second kappa shape index (κ2) is 5.69. The molecule has 0 bridgehead atoms. The van der Waals surface area contributed by atoms with E-state index in [9.17, 15) is 4.79 Å². The monoisotopic (exact) mass is 295 g/mol. The summed E-state index contributed by atoms with van der Waals surface area (Å²) in [5.41, 5.74) is 1.73. The molecule has 2 heterocycles. The molecule has 1 saturated heterocycles. The van der Waals surface area contributed by atoms with Crippen molar-refractivity contribution in [3.8, 4) is 0 Å². The zero-order valence-corrected chi connectivity index (χ0v) is 12.6. The van der Waals surface area contributed by atoms with Crippen molar-refractivity contribution < 1.29 is 4.79 Å². The average Bonchev–Trinajstić information content (AvgIpc) is 2.99. The fourth-order valence-electron chi connectivity index (χ4n) is 3.89. The van der Waals surface area contributed by atoms with Crippen LogP contribution >= 0.6 is 0 Å². The zero-order chi connectivity index (χ0) is 14.9. The molecule has 2 aliphatic rings. The van der Waals surface area contributed by atoms with E-state index in [2.05, 4.69) is 15.6 Å². The van der Waals surface area contributed by atoms with Crippen molar-refractivity contribution in [3.63, 3.8) is 0 Å². The Kier molecular flexibility index (Phi) is 3.54. The van der Waals surface area contributed by atoms with Gasteiger partial charge in [0, 0.05) is 11.4 Å². The van der Waals surface area contributed by atoms with Crippen LogP contribution in [0.3, 0.4) is 0 Å². The molecule has 2 N–H and O–H groups in total. The number of rotatable bonds is 2. The minimum absolute atomic E-state index is 0.0560. The van der Waals surface area contributed by atoms with Crippen LogP contribution in [0.5, 0.6) is 0 Å². The maximum absolute atomic E-state index is 12.5. The lowest BCUT2D eigenvalue weighted by Gasteiger charge is -2.24. The van der Waals surface area contributed by atoms with Gasteiger partial charge in [-0.3, -0.25) is 9.78 Å². The number of para-hydroxylation sites is 1. The van der Waals surface area contributed by atoms with E-state index in [4.69, 9.17) is 0 Å². The van der Waals surface area contributed by atoms with Gasteiger partial charge < -0.3 is 10.6 Å². The highest BCUT2D eigenvalue weighted by atomic mass is 16.2. The van der Waals surface area contributed by atoms with E-state index in [1.807, 2.05) is 30.3 Å². The van der Waals surface area contributed by atoms with Crippen LogP contribution in [0, 0.1) is 5.92 Å². The Morgan fingerprint density at radius 3 is 3.00 bits per heavy atom. The number of nitrogens with one attached hydrogen (secondary N) is 2. The zero-order valence-electron chi connectivity index (χ0n) is 12.6. The van der Waals surface area contributed by atoms with Gasteiger partial charge in [0.2, 0.25) is 5.91 Å². The van der Waals surface area contributed by atoms with E-state index < -0.39 is 0 Å². The third kappa shape index (κ3) is 2.59. The average molecular weight is 295 g/mol. The molecule has 1 aromatic heterocycles. The lowest BCUT2D eigenvalue weighted by Crippen LogP contribution is -2.39. The number of carbonyl (C=O) groups excluding carboxylic acids is 1. The molecule has 114 valence electrons. The molecule has 3 atom stereocenters. The van der Waals surface area contributed by atoms with Gasteiger partial charge in [0.05, 0.1) is 23.4 Å². The van der Waals surface area contributed by atoms with E-state index in [-0.39, 0.29) is 11.9 Å². The van der Waals surface area contributed by atoms with Gasteiger partial charge in [0.25, 0.3) is 0 Å². The highest BCUT2D eigenvalue weighted by Crippen LogP contribution is 2.33. The number of amides is 1. The standard InChI is InChI=1S/C18H21N3O/c22-18(17-10-13-6-2-4-8-16(13)21-17)20-14-9-12-5-1-3-7-15(12)19-11-14/h1,3,5,7,9,11,13,16-17,21H,2,4,6,8,10H2,(H,20,22). The van der Waals surface area contributed by atoms with Gasteiger partial charge in [-0.25, -0.2) is 0 Å². The summed E-state index contributed by atoms with van der Waals surface area (Å²) < 4.78 is 0. The molecule has 4 nitrogen and oxygen atoms in total. The van der Waals surface area contributed by atoms with Crippen LogP contribution in [0.15, 0.2) is 36.5 Å². The van der Waals surface area contributed by atoms with E-state index in [1.165, 1.54) is 25.7 Å². The number of hydrogen-bond acceptors (Lipinski definition) is 3. The maximum atomic E-state index is 12.5. The molecule has 2 aromatic rings. The lowest BCUT2D eigenvalue weighted by atomic mass is 9.85. The Morgan fingerprint density at radius 2 is 2.09 bits per heavy atom. The van der Waals surface area contributed by atoms with Crippen LogP contribution in [0.1, 0.15) is 32.1 Å². The summed E-state index contributed by atoms with van der Waals surface area (Å²) in [5, 5.41) is 7.59. The Morgan fingerprint density at radius 1 is 1.23 bits per heavy atom. The van der Waals surface area contributed by atoms with Crippen LogP contribution in [0.4, 0.5) is 5.69 Å². The molecule has 1 aliphatic carbocycles. The summed E-state index contributed by atoms with van der Waals surface area (Å²) in [7, 11) is 0. The molecule has 1 amide bonds. The maximum Gasteiger partial charge on any atom is 0.241 e. The van der Waals surface area contributed by atoms with Crippen molar-refractivity contribution in [2.24, 2.45) is 5.92 Å². The molecule has 0 radical (unpaired) electrons. The topological polar surface area (TPSA) is 54.0 Å². The lowest BCUT2D eigenvalue weighted by molar-refractivity contribution is -0.117. The number of benzene rings is 1. The molecule has 0 spiro atoms. The van der Waals surface area contributed by atoms with Crippen LogP contribution < -0.4 is 10.6 Å². The molecule has 1 aromatic carbocycles. The summed E-state index contributed by atoms with van der Waals surface area (Å²) in [6, 6.07) is 10.4. The van der Waals surface area contributed by atoms with Gasteiger partial charge in [-0.2, -0.15) is 0 Å². The third-order valence-electron chi connectivity index (χ3n) is 5.04. The van der Waals surface area contributed by atoms with Crippen LogP contribution in [-0.4, -0.2) is 23.0 Å². The quantitative estimate of drug-likeness (QED) is 0.895. The van der Waals surface area contributed by atoms with E-state index in [0.717, 1.165) is 23.0 Å². The molecule has 4 rings (SSSR count). The minimum atomic E-state index is -0.0560. The van der Waals surface area contributed by atoms with Gasteiger partial charge >= 0.3 is 0 Å². The normalized spacial score (nSPS) is 27.5. The summed E-state index contributed by atoms with van der Waals surface area (Å²) in [5.74, 6) is 0.755. The third-order valence-corrected chi connectivity index (χ3v) is 5.04. The number of nitrogens with zero attached hydrogens (tertiary/aromatic N) is 1. The first-order valence-electron chi connectivity index (χ1n) is 8.21. The first kappa shape index (κ1) is 13.7. The molecular formula is C18H21N3O. The minimum Gasteiger partial charge on any atom is -0.323 e. The summed E-state index contributed by atoms with van der Waals surface area (Å²) in [6.07, 6.45) is 7.79. The predicted octanol–water partition coefficient (Wildman–Crippen LogP) is 3.09. The SMILES string of the molecule is O=C(Nc1cnc2ccccc2c1)C1CC2CCCCC2N1. The first-order chi connectivity index (χ1) is 10.8. The molecule has 2 fully saturated rings. The molecule has 1 saturated carbocycles. The van der Waals surface area contributed by atoms with Crippen LogP contribution in [0.25, 0.3) is 10.9 Å². The molecule has 3 unspecified atom stereocenters. The number of aromatic nitrogens is 1. The van der Waals surface area contributed by atoms with Crippen molar-refractivity contribution in [3.05, 3.63) is 36.5 Å². The Hall–Kier alpha value is -1.94. The number of anilines is 1. The first-order valence-corrected chi connectivity index (χ1v) is 8.21. The van der Waals surface area contributed by atoms with E-state index in [0.29, 0.717) is 12.0 Å². The number of hydrogen-bond donors (Lipinski definition) is 2. The van der Waals surface area contributed by atoms with Crippen molar-refractivity contribution in [2.75, 3.05) is 5.32 Å². The second-order valence-corrected chi connectivity index (χ2v) is 6.51. The van der Waals surface area contributed by atoms with Gasteiger partial charge in [-0.05, 0) is 37.3 Å². The predicted molar refractivity (Wildman–Crippen MR) is 87.7 cm³/mol. The molecular weight excluding hydrogens is 274 g/mol. The number of pyridine rings is 1. The summed E-state index contributed by atoms with van der Waals surface area (Å²) in [4.78, 5) is 16.9. The van der Waals surface area contributed by atoms with Gasteiger partial charge in [-0.15, -0.1) is 0 Å². The van der Waals surface area contributed by atoms with Crippen molar-refractivity contribution >= 4 is 22.5 Å².